The number of carbonyl (C=O) groups excluding carboxylic acids is 1. The van der Waals surface area contributed by atoms with Crippen LogP contribution in [0.2, 0.25) is 0 Å². The molecule has 3 rings (SSSR count). The van der Waals surface area contributed by atoms with E-state index in [1.54, 1.807) is 0 Å². The Labute approximate surface area is 143 Å². The lowest BCUT2D eigenvalue weighted by Gasteiger charge is -2.23. The fourth-order valence-corrected chi connectivity index (χ4v) is 2.88. The summed E-state index contributed by atoms with van der Waals surface area (Å²) in [6, 6.07) is 18.8. The van der Waals surface area contributed by atoms with Gasteiger partial charge in [-0.15, -0.1) is 12.4 Å². The maximum atomic E-state index is 12.1. The van der Waals surface area contributed by atoms with Crippen LogP contribution in [0.25, 0.3) is 11.1 Å². The summed E-state index contributed by atoms with van der Waals surface area (Å²) >= 11 is 0. The number of halogens is 1. The van der Waals surface area contributed by atoms with Crippen molar-refractivity contribution in [2.75, 3.05) is 13.1 Å². The van der Waals surface area contributed by atoms with Gasteiger partial charge in [-0.05, 0) is 36.1 Å². The van der Waals surface area contributed by atoms with E-state index in [4.69, 9.17) is 0 Å². The average Bonchev–Trinajstić information content (AvgIpc) is 2.57. The van der Waals surface area contributed by atoms with E-state index in [1.165, 1.54) is 11.1 Å². The highest BCUT2D eigenvalue weighted by Gasteiger charge is 2.15. The molecule has 0 radical (unpaired) electrons. The number of carbonyl (C=O) groups is 1. The monoisotopic (exact) mass is 330 g/mol. The molecule has 0 aliphatic carbocycles. The molecule has 0 bridgehead atoms. The van der Waals surface area contributed by atoms with Crippen molar-refractivity contribution < 1.29 is 4.79 Å². The van der Waals surface area contributed by atoms with Crippen molar-refractivity contribution in [2.45, 2.75) is 25.3 Å². The zero-order valence-electron chi connectivity index (χ0n) is 13.1. The van der Waals surface area contributed by atoms with E-state index >= 15 is 0 Å². The van der Waals surface area contributed by atoms with Gasteiger partial charge in [-0.3, -0.25) is 4.79 Å². The van der Waals surface area contributed by atoms with E-state index in [0.717, 1.165) is 31.5 Å². The number of rotatable bonds is 4. The summed E-state index contributed by atoms with van der Waals surface area (Å²) in [5, 5.41) is 6.43. The van der Waals surface area contributed by atoms with Gasteiger partial charge < -0.3 is 10.6 Å². The molecule has 0 unspecified atom stereocenters. The van der Waals surface area contributed by atoms with E-state index in [0.29, 0.717) is 6.42 Å². The summed E-state index contributed by atoms with van der Waals surface area (Å²) in [6.07, 6.45) is 2.66. The molecular weight excluding hydrogens is 308 g/mol. The normalized spacial score (nSPS) is 17.1. The van der Waals surface area contributed by atoms with Crippen molar-refractivity contribution in [3.05, 3.63) is 60.2 Å². The van der Waals surface area contributed by atoms with E-state index in [2.05, 4.69) is 34.9 Å². The highest BCUT2D eigenvalue weighted by molar-refractivity contribution is 5.85. The van der Waals surface area contributed by atoms with Crippen LogP contribution in [-0.4, -0.2) is 25.0 Å². The maximum absolute atomic E-state index is 12.1. The van der Waals surface area contributed by atoms with Crippen LogP contribution in [0.1, 0.15) is 18.4 Å². The molecule has 4 heteroatoms. The molecular formula is C19H23ClN2O. The molecule has 2 aromatic rings. The molecule has 1 heterocycles. The second-order valence-electron chi connectivity index (χ2n) is 5.85. The molecule has 1 saturated heterocycles. The lowest BCUT2D eigenvalue weighted by Crippen LogP contribution is -2.46. The minimum atomic E-state index is 0. The number of amides is 1. The Morgan fingerprint density at radius 1 is 1.04 bits per heavy atom. The maximum Gasteiger partial charge on any atom is 0.224 e. The molecule has 1 aliphatic heterocycles. The fraction of sp³-hybridized carbons (Fsp3) is 0.316. The Morgan fingerprint density at radius 3 is 2.39 bits per heavy atom. The van der Waals surface area contributed by atoms with Crippen LogP contribution in [0.5, 0.6) is 0 Å². The van der Waals surface area contributed by atoms with Crippen LogP contribution in [0.4, 0.5) is 0 Å². The molecule has 1 atom stereocenters. The first-order valence-electron chi connectivity index (χ1n) is 7.96. The number of hydrogen-bond donors (Lipinski definition) is 2. The molecule has 122 valence electrons. The van der Waals surface area contributed by atoms with E-state index < -0.39 is 0 Å². The first-order valence-corrected chi connectivity index (χ1v) is 7.96. The van der Waals surface area contributed by atoms with Gasteiger partial charge in [0.25, 0.3) is 0 Å². The smallest absolute Gasteiger partial charge is 0.224 e. The quantitative estimate of drug-likeness (QED) is 0.904. The molecule has 1 fully saturated rings. The van der Waals surface area contributed by atoms with Gasteiger partial charge >= 0.3 is 0 Å². The predicted octanol–water partition coefficient (Wildman–Crippen LogP) is 3.19. The minimum Gasteiger partial charge on any atom is -0.352 e. The standard InChI is InChI=1S/C19H22N2O.ClH/c22-19(21-18-7-4-12-20-14-18)13-15-8-10-17(11-9-15)16-5-2-1-3-6-16;/h1-3,5-6,8-11,18,20H,4,7,12-14H2,(H,21,22);1H/t18-;/m0./s1. The van der Waals surface area contributed by atoms with Crippen molar-refractivity contribution >= 4 is 18.3 Å². The van der Waals surface area contributed by atoms with Gasteiger partial charge in [0.15, 0.2) is 0 Å². The van der Waals surface area contributed by atoms with Crippen LogP contribution in [-0.2, 0) is 11.2 Å². The molecule has 1 amide bonds. The summed E-state index contributed by atoms with van der Waals surface area (Å²) in [4.78, 5) is 12.1. The topological polar surface area (TPSA) is 41.1 Å². The van der Waals surface area contributed by atoms with Gasteiger partial charge in [0, 0.05) is 12.6 Å². The zero-order chi connectivity index (χ0) is 15.2. The summed E-state index contributed by atoms with van der Waals surface area (Å²) in [5.41, 5.74) is 3.44. The Kier molecular flexibility index (Phi) is 6.63. The third-order valence-corrected chi connectivity index (χ3v) is 4.09. The molecule has 23 heavy (non-hydrogen) atoms. The SMILES string of the molecule is Cl.O=C(Cc1ccc(-c2ccccc2)cc1)N[C@H]1CCCNC1. The molecule has 2 aromatic carbocycles. The third kappa shape index (κ3) is 5.08. The van der Waals surface area contributed by atoms with Gasteiger partial charge in [-0.2, -0.15) is 0 Å². The lowest BCUT2D eigenvalue weighted by molar-refractivity contribution is -0.121. The van der Waals surface area contributed by atoms with Crippen LogP contribution in [0.3, 0.4) is 0 Å². The lowest BCUT2D eigenvalue weighted by atomic mass is 10.0. The summed E-state index contributed by atoms with van der Waals surface area (Å²) < 4.78 is 0. The Hall–Kier alpha value is -1.84. The predicted molar refractivity (Wildman–Crippen MR) is 96.9 cm³/mol. The minimum absolute atomic E-state index is 0. The van der Waals surface area contributed by atoms with E-state index in [-0.39, 0.29) is 24.4 Å². The first kappa shape index (κ1) is 17.5. The van der Waals surface area contributed by atoms with Crippen LogP contribution in [0.15, 0.2) is 54.6 Å². The van der Waals surface area contributed by atoms with Crippen molar-refractivity contribution in [3.8, 4) is 11.1 Å². The van der Waals surface area contributed by atoms with E-state index in [1.807, 2.05) is 30.3 Å². The number of nitrogens with one attached hydrogen (secondary N) is 2. The third-order valence-electron chi connectivity index (χ3n) is 4.09. The Morgan fingerprint density at radius 2 is 1.74 bits per heavy atom. The van der Waals surface area contributed by atoms with Gasteiger partial charge in [0.2, 0.25) is 5.91 Å². The number of hydrogen-bond acceptors (Lipinski definition) is 2. The van der Waals surface area contributed by atoms with Crippen molar-refractivity contribution in [2.24, 2.45) is 0 Å². The number of benzene rings is 2. The number of piperidine rings is 1. The summed E-state index contributed by atoms with van der Waals surface area (Å²) in [6.45, 7) is 1.95. The van der Waals surface area contributed by atoms with Crippen molar-refractivity contribution in [3.63, 3.8) is 0 Å². The highest BCUT2D eigenvalue weighted by atomic mass is 35.5. The van der Waals surface area contributed by atoms with Gasteiger partial charge in [0.1, 0.15) is 0 Å². The largest absolute Gasteiger partial charge is 0.352 e. The first-order chi connectivity index (χ1) is 10.8. The van der Waals surface area contributed by atoms with Gasteiger partial charge in [0.05, 0.1) is 6.42 Å². The summed E-state index contributed by atoms with van der Waals surface area (Å²) in [7, 11) is 0. The van der Waals surface area contributed by atoms with Crippen LogP contribution < -0.4 is 10.6 Å². The molecule has 0 saturated carbocycles. The van der Waals surface area contributed by atoms with Crippen LogP contribution in [0, 0.1) is 0 Å². The summed E-state index contributed by atoms with van der Waals surface area (Å²) in [5.74, 6) is 0.112. The fourth-order valence-electron chi connectivity index (χ4n) is 2.88. The van der Waals surface area contributed by atoms with Gasteiger partial charge in [-0.1, -0.05) is 54.6 Å². The molecule has 1 aliphatic rings. The molecule has 0 aromatic heterocycles. The van der Waals surface area contributed by atoms with Crippen LogP contribution >= 0.6 is 12.4 Å². The molecule has 0 spiro atoms. The average molecular weight is 331 g/mol. The zero-order valence-corrected chi connectivity index (χ0v) is 13.9. The molecule has 3 nitrogen and oxygen atoms in total. The Bertz CT molecular complexity index is 607. The van der Waals surface area contributed by atoms with Crippen molar-refractivity contribution in [1.29, 1.82) is 0 Å². The van der Waals surface area contributed by atoms with Gasteiger partial charge in [-0.25, -0.2) is 0 Å². The highest BCUT2D eigenvalue weighted by Crippen LogP contribution is 2.19. The molecule has 2 N–H and O–H groups in total. The second kappa shape index (κ2) is 8.70. The second-order valence-corrected chi connectivity index (χ2v) is 5.85. The van der Waals surface area contributed by atoms with E-state index in [9.17, 15) is 4.79 Å². The Balaban J connectivity index is 0.00000192. The van der Waals surface area contributed by atoms with Crippen molar-refractivity contribution in [1.82, 2.24) is 10.6 Å².